The van der Waals surface area contributed by atoms with Gasteiger partial charge < -0.3 is 4.90 Å². The van der Waals surface area contributed by atoms with Crippen molar-refractivity contribution < 1.29 is 0 Å². The summed E-state index contributed by atoms with van der Waals surface area (Å²) in [5.74, 6) is 0. The SMILES string of the molecule is CC1(C)c2cc(-c3cccc4c3sc3ccccc34)cc3c2-c2c1cc(N(c1ccccc1)c1ccccc1)cc2C3(c1ccccc1)c1ccccc1. The maximum absolute atomic E-state index is 2.55. The summed E-state index contributed by atoms with van der Waals surface area (Å²) in [6.45, 7) is 4.87. The van der Waals surface area contributed by atoms with Crippen molar-refractivity contribution in [3.8, 4) is 22.3 Å². The Morgan fingerprint density at radius 1 is 0.426 bits per heavy atom. The van der Waals surface area contributed by atoms with E-state index in [0.29, 0.717) is 0 Å². The molecule has 0 unspecified atom stereocenters. The second-order valence-corrected chi connectivity index (χ2v) is 16.3. The first-order chi connectivity index (χ1) is 26.5. The lowest BCUT2D eigenvalue weighted by molar-refractivity contribution is 0.652. The first-order valence-electron chi connectivity index (χ1n) is 18.9. The van der Waals surface area contributed by atoms with Gasteiger partial charge in [-0.15, -0.1) is 11.3 Å². The van der Waals surface area contributed by atoms with Gasteiger partial charge in [-0.1, -0.05) is 147 Å². The summed E-state index contributed by atoms with van der Waals surface area (Å²) in [6, 6.07) is 69.9. The van der Waals surface area contributed by atoms with Crippen molar-refractivity contribution in [3.05, 3.63) is 221 Å². The van der Waals surface area contributed by atoms with Crippen LogP contribution in [0.25, 0.3) is 42.4 Å². The average molecular weight is 708 g/mol. The largest absolute Gasteiger partial charge is 0.310 e. The van der Waals surface area contributed by atoms with Crippen LogP contribution in [0.3, 0.4) is 0 Å². The molecular weight excluding hydrogens is 671 g/mol. The van der Waals surface area contributed by atoms with Crippen molar-refractivity contribution in [3.63, 3.8) is 0 Å². The molecule has 11 rings (SSSR count). The minimum Gasteiger partial charge on any atom is -0.310 e. The summed E-state index contributed by atoms with van der Waals surface area (Å²) < 4.78 is 2.68. The van der Waals surface area contributed by atoms with Crippen LogP contribution in [0.5, 0.6) is 0 Å². The summed E-state index contributed by atoms with van der Waals surface area (Å²) in [5, 5.41) is 2.66. The average Bonchev–Trinajstić information content (AvgIpc) is 3.83. The standard InChI is InChI=1S/C52H37NS/c1-51(2)43-30-34(40-27-17-28-42-41-26-15-16-29-47(41)54-50(40)42)31-45-48(43)49-44(51)32-39(53(37-22-11-5-12-23-37)38-24-13-6-14-25-38)33-46(49)52(45,35-18-7-3-8-19-35)36-20-9-4-10-21-36/h3-33H,1-2H3. The van der Waals surface area contributed by atoms with Gasteiger partial charge in [-0.2, -0.15) is 0 Å². The van der Waals surface area contributed by atoms with Crippen LogP contribution in [0, 0.1) is 0 Å². The van der Waals surface area contributed by atoms with Crippen LogP contribution >= 0.6 is 11.3 Å². The number of hydrogen-bond acceptors (Lipinski definition) is 2. The third-order valence-electron chi connectivity index (χ3n) is 12.1. The van der Waals surface area contributed by atoms with Gasteiger partial charge in [0, 0.05) is 42.6 Å². The second kappa shape index (κ2) is 11.6. The molecule has 0 atom stereocenters. The predicted molar refractivity (Wildman–Crippen MR) is 229 cm³/mol. The van der Waals surface area contributed by atoms with E-state index < -0.39 is 5.41 Å². The molecule has 1 nitrogen and oxygen atoms in total. The van der Waals surface area contributed by atoms with Crippen LogP contribution in [0.15, 0.2) is 188 Å². The van der Waals surface area contributed by atoms with Crippen molar-refractivity contribution in [2.24, 2.45) is 0 Å². The van der Waals surface area contributed by atoms with E-state index in [1.54, 1.807) is 0 Å². The molecule has 0 spiro atoms. The summed E-state index contributed by atoms with van der Waals surface area (Å²) in [5.41, 5.74) is 16.2. The maximum atomic E-state index is 2.55. The lowest BCUT2D eigenvalue weighted by Gasteiger charge is -2.37. The minimum atomic E-state index is -0.535. The van der Waals surface area contributed by atoms with E-state index in [2.05, 4.69) is 207 Å². The van der Waals surface area contributed by atoms with Crippen molar-refractivity contribution in [2.75, 3.05) is 4.90 Å². The Balaban J connectivity index is 1.27. The van der Waals surface area contributed by atoms with Crippen molar-refractivity contribution >= 4 is 48.6 Å². The van der Waals surface area contributed by atoms with Gasteiger partial charge in [0.15, 0.2) is 0 Å². The van der Waals surface area contributed by atoms with Crippen LogP contribution in [-0.4, -0.2) is 0 Å². The summed E-state index contributed by atoms with van der Waals surface area (Å²) >= 11 is 1.91. The fourth-order valence-corrected chi connectivity index (χ4v) is 10.9. The lowest BCUT2D eigenvalue weighted by atomic mass is 9.65. The Kier molecular flexibility index (Phi) is 6.75. The molecule has 0 amide bonds. The summed E-state index contributed by atoms with van der Waals surface area (Å²) in [6.07, 6.45) is 0. The van der Waals surface area contributed by atoms with E-state index >= 15 is 0 Å². The van der Waals surface area contributed by atoms with Crippen molar-refractivity contribution in [2.45, 2.75) is 24.7 Å². The fraction of sp³-hybridized carbons (Fsp3) is 0.0769. The van der Waals surface area contributed by atoms with E-state index in [0.717, 1.165) is 11.4 Å². The van der Waals surface area contributed by atoms with E-state index in [1.807, 2.05) is 11.3 Å². The zero-order valence-electron chi connectivity index (χ0n) is 30.3. The van der Waals surface area contributed by atoms with Crippen molar-refractivity contribution in [1.82, 2.24) is 0 Å². The molecule has 2 aliphatic rings. The van der Waals surface area contributed by atoms with Gasteiger partial charge in [0.05, 0.1) is 5.41 Å². The maximum Gasteiger partial charge on any atom is 0.0714 e. The molecule has 0 fully saturated rings. The van der Waals surface area contributed by atoms with E-state index in [9.17, 15) is 0 Å². The van der Waals surface area contributed by atoms with E-state index in [1.165, 1.54) is 81.5 Å². The van der Waals surface area contributed by atoms with Crippen LogP contribution in [0.1, 0.15) is 47.2 Å². The number of anilines is 3. The molecule has 0 aliphatic heterocycles. The van der Waals surface area contributed by atoms with Gasteiger partial charge in [-0.05, 0) is 110 Å². The zero-order valence-corrected chi connectivity index (χ0v) is 31.1. The minimum absolute atomic E-state index is 0.229. The molecule has 2 heteroatoms. The van der Waals surface area contributed by atoms with E-state index in [-0.39, 0.29) is 5.41 Å². The Morgan fingerprint density at radius 3 is 1.54 bits per heavy atom. The third kappa shape index (κ3) is 4.26. The molecule has 54 heavy (non-hydrogen) atoms. The molecule has 8 aromatic carbocycles. The van der Waals surface area contributed by atoms with E-state index in [4.69, 9.17) is 0 Å². The Bertz CT molecular complexity index is 2810. The molecule has 0 radical (unpaired) electrons. The molecule has 256 valence electrons. The summed E-state index contributed by atoms with van der Waals surface area (Å²) in [4.78, 5) is 2.43. The number of thiophene rings is 1. The van der Waals surface area contributed by atoms with Gasteiger partial charge in [0.1, 0.15) is 0 Å². The molecule has 1 aromatic heterocycles. The molecule has 9 aromatic rings. The third-order valence-corrected chi connectivity index (χ3v) is 13.3. The Morgan fingerprint density at radius 2 is 0.907 bits per heavy atom. The molecule has 1 heterocycles. The quantitative estimate of drug-likeness (QED) is 0.166. The van der Waals surface area contributed by atoms with Gasteiger partial charge in [-0.3, -0.25) is 0 Å². The lowest BCUT2D eigenvalue weighted by Crippen LogP contribution is -2.30. The normalized spacial score (nSPS) is 14.4. The first kappa shape index (κ1) is 31.3. The van der Waals surface area contributed by atoms with Crippen molar-refractivity contribution in [1.29, 1.82) is 0 Å². The summed E-state index contributed by atoms with van der Waals surface area (Å²) in [7, 11) is 0. The van der Waals surface area contributed by atoms with Gasteiger partial charge in [-0.25, -0.2) is 0 Å². The first-order valence-corrected chi connectivity index (χ1v) is 19.7. The highest BCUT2D eigenvalue weighted by Crippen LogP contribution is 2.66. The molecule has 0 saturated carbocycles. The monoisotopic (exact) mass is 707 g/mol. The molecule has 2 aliphatic carbocycles. The van der Waals surface area contributed by atoms with Crippen LogP contribution in [-0.2, 0) is 10.8 Å². The topological polar surface area (TPSA) is 3.24 Å². The predicted octanol–water partition coefficient (Wildman–Crippen LogP) is 14.2. The second-order valence-electron chi connectivity index (χ2n) is 15.3. The van der Waals surface area contributed by atoms with Gasteiger partial charge >= 0.3 is 0 Å². The highest BCUT2D eigenvalue weighted by atomic mass is 32.1. The fourth-order valence-electron chi connectivity index (χ4n) is 9.70. The zero-order chi connectivity index (χ0) is 36.0. The van der Waals surface area contributed by atoms with Crippen LogP contribution in [0.4, 0.5) is 17.1 Å². The highest BCUT2D eigenvalue weighted by Gasteiger charge is 2.53. The van der Waals surface area contributed by atoms with Gasteiger partial charge in [0.2, 0.25) is 0 Å². The number of benzene rings is 8. The Labute approximate surface area is 320 Å². The molecule has 0 saturated heterocycles. The number of para-hydroxylation sites is 2. The highest BCUT2D eigenvalue weighted by molar-refractivity contribution is 7.26. The van der Waals surface area contributed by atoms with Crippen LogP contribution in [0.2, 0.25) is 0 Å². The number of rotatable bonds is 6. The molecule has 0 N–H and O–H groups in total. The van der Waals surface area contributed by atoms with Crippen LogP contribution < -0.4 is 4.90 Å². The van der Waals surface area contributed by atoms with Gasteiger partial charge in [0.25, 0.3) is 0 Å². The number of nitrogens with zero attached hydrogens (tertiary/aromatic N) is 1. The molecule has 0 bridgehead atoms. The number of hydrogen-bond donors (Lipinski definition) is 0. The molecular formula is C52H37NS. The number of fused-ring (bicyclic) bond motifs is 3. The Hall–Kier alpha value is -6.22. The smallest absolute Gasteiger partial charge is 0.0714 e.